The molecule has 1 aromatic carbocycles. The summed E-state index contributed by atoms with van der Waals surface area (Å²) in [7, 11) is 0. The molecular weight excluding hydrogens is 290 g/mol. The van der Waals surface area contributed by atoms with Gasteiger partial charge >= 0.3 is 0 Å². The Kier molecular flexibility index (Phi) is 3.38. The molecule has 2 aliphatic rings. The van der Waals surface area contributed by atoms with E-state index in [-0.39, 0.29) is 5.54 Å². The third kappa shape index (κ3) is 2.63. The molecule has 0 fully saturated rings. The van der Waals surface area contributed by atoms with Gasteiger partial charge in [-0.05, 0) is 32.9 Å². The lowest BCUT2D eigenvalue weighted by Gasteiger charge is -2.18. The minimum atomic E-state index is -0.103. The fourth-order valence-electron chi connectivity index (χ4n) is 2.42. The molecule has 0 saturated carbocycles. The van der Waals surface area contributed by atoms with Crippen molar-refractivity contribution in [2.75, 3.05) is 0 Å². The van der Waals surface area contributed by atoms with Crippen molar-refractivity contribution in [3.05, 3.63) is 40.3 Å². The van der Waals surface area contributed by atoms with Crippen LogP contribution in [0.5, 0.6) is 0 Å². The highest BCUT2D eigenvalue weighted by molar-refractivity contribution is 8.16. The van der Waals surface area contributed by atoms with Crippen molar-refractivity contribution in [3.63, 3.8) is 0 Å². The summed E-state index contributed by atoms with van der Waals surface area (Å²) in [6.45, 7) is 6.34. The molecule has 0 bridgehead atoms. The average molecular weight is 306 g/mol. The van der Waals surface area contributed by atoms with Gasteiger partial charge in [0.25, 0.3) is 0 Å². The van der Waals surface area contributed by atoms with E-state index < -0.39 is 0 Å². The number of hydrogen-bond acceptors (Lipinski definition) is 4. The number of nitrogens with zero attached hydrogens (tertiary/aromatic N) is 3. The summed E-state index contributed by atoms with van der Waals surface area (Å²) in [5.74, 6) is 0. The van der Waals surface area contributed by atoms with E-state index in [1.807, 2.05) is 29.3 Å². The Labute approximate surface area is 128 Å². The number of thioether (sulfide) groups is 1. The van der Waals surface area contributed by atoms with Crippen LogP contribution in [0.1, 0.15) is 32.8 Å². The quantitative estimate of drug-likeness (QED) is 0.758. The lowest BCUT2D eigenvalue weighted by molar-refractivity contribution is 0.546. The molecule has 2 heterocycles. The summed E-state index contributed by atoms with van der Waals surface area (Å²) in [6, 6.07) is 7.82. The third-order valence-electron chi connectivity index (χ3n) is 3.18. The van der Waals surface area contributed by atoms with Crippen molar-refractivity contribution >= 4 is 39.9 Å². The largest absolute Gasteiger partial charge is 0.254 e. The third-order valence-corrected chi connectivity index (χ3v) is 4.25. The summed E-state index contributed by atoms with van der Waals surface area (Å²) >= 11 is 7.58. The molecule has 3 rings (SSSR count). The minimum Gasteiger partial charge on any atom is -0.254 e. The van der Waals surface area contributed by atoms with Crippen LogP contribution in [0.25, 0.3) is 5.70 Å². The van der Waals surface area contributed by atoms with Gasteiger partial charge in [0.1, 0.15) is 0 Å². The van der Waals surface area contributed by atoms with Gasteiger partial charge in [-0.2, -0.15) is 5.10 Å². The van der Waals surface area contributed by atoms with Crippen molar-refractivity contribution in [1.82, 2.24) is 5.01 Å². The smallest absolute Gasteiger partial charge is 0.189 e. The molecule has 0 atom stereocenters. The SMILES string of the molecule is CC1=NN2C(c3ccc(Cl)cc3)=CSC2=NC(C)(C)C1. The fraction of sp³-hybridized carbons (Fsp3) is 0.333. The van der Waals surface area contributed by atoms with Crippen LogP contribution < -0.4 is 0 Å². The highest BCUT2D eigenvalue weighted by Gasteiger charge is 2.30. The van der Waals surface area contributed by atoms with Gasteiger partial charge in [0.05, 0.1) is 11.2 Å². The Morgan fingerprint density at radius 3 is 2.65 bits per heavy atom. The zero-order valence-electron chi connectivity index (χ0n) is 11.7. The molecule has 0 radical (unpaired) electrons. The van der Waals surface area contributed by atoms with Crippen molar-refractivity contribution < 1.29 is 0 Å². The number of halogens is 1. The number of fused-ring (bicyclic) bond motifs is 1. The maximum absolute atomic E-state index is 5.95. The van der Waals surface area contributed by atoms with E-state index in [2.05, 4.69) is 26.2 Å². The lowest BCUT2D eigenvalue weighted by Crippen LogP contribution is -2.21. The van der Waals surface area contributed by atoms with Crippen molar-refractivity contribution in [3.8, 4) is 0 Å². The van der Waals surface area contributed by atoms with E-state index in [1.165, 1.54) is 0 Å². The molecule has 0 aliphatic carbocycles. The molecule has 0 unspecified atom stereocenters. The number of hydrazone groups is 1. The number of hydrogen-bond donors (Lipinski definition) is 0. The predicted octanol–water partition coefficient (Wildman–Crippen LogP) is 4.60. The molecule has 0 spiro atoms. The molecule has 5 heteroatoms. The van der Waals surface area contributed by atoms with Crippen LogP contribution in [-0.2, 0) is 0 Å². The summed E-state index contributed by atoms with van der Waals surface area (Å²) in [6.07, 6.45) is 0.876. The van der Waals surface area contributed by atoms with Gasteiger partial charge < -0.3 is 0 Å². The Hall–Kier alpha value is -1.26. The molecule has 104 valence electrons. The maximum atomic E-state index is 5.95. The van der Waals surface area contributed by atoms with Crippen LogP contribution in [0.2, 0.25) is 5.02 Å². The van der Waals surface area contributed by atoms with E-state index in [9.17, 15) is 0 Å². The van der Waals surface area contributed by atoms with Crippen LogP contribution in [0.15, 0.2) is 39.8 Å². The van der Waals surface area contributed by atoms with Gasteiger partial charge in [0.2, 0.25) is 0 Å². The number of benzene rings is 1. The van der Waals surface area contributed by atoms with Crippen molar-refractivity contribution in [2.24, 2.45) is 10.1 Å². The zero-order valence-corrected chi connectivity index (χ0v) is 13.3. The monoisotopic (exact) mass is 305 g/mol. The van der Waals surface area contributed by atoms with E-state index in [0.717, 1.165) is 33.6 Å². The van der Waals surface area contributed by atoms with Crippen LogP contribution in [0, 0.1) is 0 Å². The summed E-state index contributed by atoms with van der Waals surface area (Å²) in [4.78, 5) is 4.83. The van der Waals surface area contributed by atoms with Crippen LogP contribution in [-0.4, -0.2) is 21.4 Å². The Morgan fingerprint density at radius 2 is 1.95 bits per heavy atom. The van der Waals surface area contributed by atoms with Gasteiger partial charge in [0.15, 0.2) is 5.17 Å². The molecule has 0 saturated heterocycles. The first-order valence-corrected chi connectivity index (χ1v) is 7.77. The second-order valence-electron chi connectivity index (χ2n) is 5.66. The highest BCUT2D eigenvalue weighted by atomic mass is 35.5. The molecule has 0 N–H and O–H groups in total. The first kappa shape index (κ1) is 13.7. The normalized spacial score (nSPS) is 20.8. The molecule has 3 nitrogen and oxygen atoms in total. The van der Waals surface area contributed by atoms with E-state index >= 15 is 0 Å². The molecular formula is C15H16ClN3S. The lowest BCUT2D eigenvalue weighted by atomic mass is 9.99. The molecule has 20 heavy (non-hydrogen) atoms. The average Bonchev–Trinajstić information content (AvgIpc) is 2.67. The molecule has 0 aromatic heterocycles. The summed E-state index contributed by atoms with van der Waals surface area (Å²) in [5, 5.41) is 10.4. The Bertz CT molecular complexity index is 629. The van der Waals surface area contributed by atoms with Crippen LogP contribution in [0.4, 0.5) is 0 Å². The zero-order chi connectivity index (χ0) is 14.3. The second kappa shape index (κ2) is 4.93. The molecule has 2 aliphatic heterocycles. The second-order valence-corrected chi connectivity index (χ2v) is 6.93. The molecule has 1 aromatic rings. The van der Waals surface area contributed by atoms with Crippen LogP contribution >= 0.6 is 23.4 Å². The van der Waals surface area contributed by atoms with E-state index in [1.54, 1.807) is 11.8 Å². The Balaban J connectivity index is 2.00. The summed E-state index contributed by atoms with van der Waals surface area (Å²) < 4.78 is 0. The van der Waals surface area contributed by atoms with Gasteiger partial charge in [-0.3, -0.25) is 4.99 Å². The maximum Gasteiger partial charge on any atom is 0.189 e. The van der Waals surface area contributed by atoms with Gasteiger partial charge in [-0.25, -0.2) is 5.01 Å². The van der Waals surface area contributed by atoms with Gasteiger partial charge in [-0.1, -0.05) is 35.5 Å². The Morgan fingerprint density at radius 1 is 1.25 bits per heavy atom. The minimum absolute atomic E-state index is 0.103. The standard InChI is InChI=1S/C15H16ClN3S/c1-10-8-15(2,3)17-14-19(18-10)13(9-20-14)11-4-6-12(16)7-5-11/h4-7,9H,8H2,1-3H3. The van der Waals surface area contributed by atoms with Crippen molar-refractivity contribution in [2.45, 2.75) is 32.7 Å². The van der Waals surface area contributed by atoms with Gasteiger partial charge in [-0.15, -0.1) is 0 Å². The first-order chi connectivity index (χ1) is 9.44. The highest BCUT2D eigenvalue weighted by Crippen LogP contribution is 2.37. The summed E-state index contributed by atoms with van der Waals surface area (Å²) in [5.41, 5.74) is 3.15. The fourth-order valence-corrected chi connectivity index (χ4v) is 3.54. The number of amidine groups is 1. The van der Waals surface area contributed by atoms with Crippen LogP contribution in [0.3, 0.4) is 0 Å². The number of rotatable bonds is 1. The number of aliphatic imine (C=N–C) groups is 1. The first-order valence-electron chi connectivity index (χ1n) is 6.51. The molecule has 0 amide bonds. The van der Waals surface area contributed by atoms with Gasteiger partial charge in [0, 0.05) is 28.1 Å². The van der Waals surface area contributed by atoms with E-state index in [4.69, 9.17) is 21.7 Å². The van der Waals surface area contributed by atoms with E-state index in [0.29, 0.717) is 0 Å². The van der Waals surface area contributed by atoms with Crippen molar-refractivity contribution in [1.29, 1.82) is 0 Å². The predicted molar refractivity (Wildman–Crippen MR) is 88.1 cm³/mol. The topological polar surface area (TPSA) is 28.0 Å².